The summed E-state index contributed by atoms with van der Waals surface area (Å²) in [6.45, 7) is 4.04. The minimum atomic E-state index is -2.53. The third-order valence-corrected chi connectivity index (χ3v) is 2.94. The van der Waals surface area contributed by atoms with Gasteiger partial charge >= 0.3 is 0 Å². The van der Waals surface area contributed by atoms with Crippen LogP contribution in [-0.2, 0) is 0 Å². The van der Waals surface area contributed by atoms with E-state index in [0.717, 1.165) is 19.3 Å². The van der Waals surface area contributed by atoms with Crippen LogP contribution < -0.4 is 5.32 Å². The number of hydrogen-bond acceptors (Lipinski definition) is 3. The second-order valence-corrected chi connectivity index (χ2v) is 4.56. The van der Waals surface area contributed by atoms with Gasteiger partial charge in [-0.2, -0.15) is 0 Å². The number of halogens is 2. The largest absolute Gasteiger partial charge is 0.368 e. The van der Waals surface area contributed by atoms with Crippen molar-refractivity contribution >= 4 is 5.82 Å². The predicted molar refractivity (Wildman–Crippen MR) is 62.3 cm³/mol. The Balaban J connectivity index is 2.24. The first-order chi connectivity index (χ1) is 8.10. The fraction of sp³-hybridized carbons (Fsp3) is 0.667. The Bertz CT molecular complexity index is 371. The lowest BCUT2D eigenvalue weighted by atomic mass is 10.2. The number of aromatic nitrogens is 2. The average Bonchev–Trinajstić information content (AvgIpc) is 3.12. The number of hydrogen-bond donors (Lipinski definition) is 1. The summed E-state index contributed by atoms with van der Waals surface area (Å²) >= 11 is 0. The molecule has 3 nitrogen and oxygen atoms in total. The molecule has 1 aliphatic carbocycles. The molecule has 0 saturated heterocycles. The first-order valence-electron chi connectivity index (χ1n) is 6.03. The minimum absolute atomic E-state index is 0.173. The number of rotatable bonds is 5. The van der Waals surface area contributed by atoms with Crippen LogP contribution in [0.4, 0.5) is 14.6 Å². The summed E-state index contributed by atoms with van der Waals surface area (Å²) in [5, 5.41) is 3.13. The molecular weight excluding hydrogens is 224 g/mol. The molecular formula is C12H17F2N3. The molecule has 5 heteroatoms. The highest BCUT2D eigenvalue weighted by molar-refractivity contribution is 5.38. The van der Waals surface area contributed by atoms with Gasteiger partial charge in [0.05, 0.1) is 0 Å². The Morgan fingerprint density at radius 1 is 1.41 bits per heavy atom. The highest BCUT2D eigenvalue weighted by Gasteiger charge is 2.28. The summed E-state index contributed by atoms with van der Waals surface area (Å²) in [4.78, 5) is 8.24. The summed E-state index contributed by atoms with van der Waals surface area (Å²) in [6.07, 6.45) is 0.408. The molecule has 1 N–H and O–H groups in total. The molecule has 1 aromatic rings. The second kappa shape index (κ2) is 4.94. The van der Waals surface area contributed by atoms with Gasteiger partial charge in [-0.25, -0.2) is 18.7 Å². The zero-order valence-electron chi connectivity index (χ0n) is 10.1. The minimum Gasteiger partial charge on any atom is -0.368 e. The molecule has 1 aliphatic rings. The van der Waals surface area contributed by atoms with Crippen molar-refractivity contribution in [3.63, 3.8) is 0 Å². The monoisotopic (exact) mass is 241 g/mol. The molecule has 0 spiro atoms. The van der Waals surface area contributed by atoms with E-state index in [9.17, 15) is 8.78 Å². The van der Waals surface area contributed by atoms with Gasteiger partial charge in [0, 0.05) is 18.0 Å². The van der Waals surface area contributed by atoms with Crippen molar-refractivity contribution in [2.24, 2.45) is 0 Å². The Morgan fingerprint density at radius 2 is 2.12 bits per heavy atom. The zero-order chi connectivity index (χ0) is 12.4. The highest BCUT2D eigenvalue weighted by atomic mass is 19.3. The average molecular weight is 241 g/mol. The van der Waals surface area contributed by atoms with Crippen molar-refractivity contribution in [1.29, 1.82) is 0 Å². The van der Waals surface area contributed by atoms with Gasteiger partial charge < -0.3 is 5.32 Å². The molecule has 94 valence electrons. The van der Waals surface area contributed by atoms with Gasteiger partial charge in [-0.15, -0.1) is 0 Å². The third kappa shape index (κ3) is 3.11. The van der Waals surface area contributed by atoms with Crippen molar-refractivity contribution < 1.29 is 8.78 Å². The lowest BCUT2D eigenvalue weighted by molar-refractivity contribution is 0.145. The number of nitrogens with one attached hydrogen (secondary N) is 1. The molecule has 17 heavy (non-hydrogen) atoms. The van der Waals surface area contributed by atoms with Crippen molar-refractivity contribution in [2.45, 2.75) is 51.5 Å². The van der Waals surface area contributed by atoms with Crippen molar-refractivity contribution in [1.82, 2.24) is 9.97 Å². The van der Waals surface area contributed by atoms with Crippen LogP contribution in [0.5, 0.6) is 0 Å². The van der Waals surface area contributed by atoms with E-state index in [0.29, 0.717) is 11.6 Å². The Hall–Kier alpha value is -1.26. The van der Waals surface area contributed by atoms with Crippen LogP contribution in [0, 0.1) is 0 Å². The normalized spacial score (nSPS) is 17.2. The maximum atomic E-state index is 12.7. The summed E-state index contributed by atoms with van der Waals surface area (Å²) < 4.78 is 25.4. The maximum absolute atomic E-state index is 12.7. The first-order valence-corrected chi connectivity index (χ1v) is 6.03. The molecule has 0 radical (unpaired) electrons. The summed E-state index contributed by atoms with van der Waals surface area (Å²) in [5.41, 5.74) is -0.173. The van der Waals surface area contributed by atoms with Crippen LogP contribution in [0.1, 0.15) is 57.0 Å². The van der Waals surface area contributed by atoms with Crippen molar-refractivity contribution in [2.75, 3.05) is 5.32 Å². The van der Waals surface area contributed by atoms with E-state index in [1.165, 1.54) is 6.07 Å². The van der Waals surface area contributed by atoms with Crippen LogP contribution >= 0.6 is 0 Å². The zero-order valence-corrected chi connectivity index (χ0v) is 10.1. The van der Waals surface area contributed by atoms with Crippen LogP contribution in [0.2, 0.25) is 0 Å². The maximum Gasteiger partial charge on any atom is 0.280 e. The molecule has 2 rings (SSSR count). The Kier molecular flexibility index (Phi) is 3.54. The molecule has 1 unspecified atom stereocenters. The van der Waals surface area contributed by atoms with Gasteiger partial charge in [-0.1, -0.05) is 6.92 Å². The first kappa shape index (κ1) is 12.2. The predicted octanol–water partition coefficient (Wildman–Crippen LogP) is 3.50. The van der Waals surface area contributed by atoms with E-state index in [1.807, 2.05) is 13.8 Å². The molecule has 0 amide bonds. The van der Waals surface area contributed by atoms with E-state index in [2.05, 4.69) is 15.3 Å². The van der Waals surface area contributed by atoms with E-state index in [-0.39, 0.29) is 17.7 Å². The molecule has 1 fully saturated rings. The van der Waals surface area contributed by atoms with Crippen molar-refractivity contribution in [3.8, 4) is 0 Å². The summed E-state index contributed by atoms with van der Waals surface area (Å²) in [6, 6.07) is 1.57. The van der Waals surface area contributed by atoms with E-state index < -0.39 is 6.43 Å². The van der Waals surface area contributed by atoms with Gasteiger partial charge in [-0.05, 0) is 26.2 Å². The summed E-state index contributed by atoms with van der Waals surface area (Å²) in [7, 11) is 0. The third-order valence-electron chi connectivity index (χ3n) is 2.94. The molecule has 1 saturated carbocycles. The molecule has 1 atom stereocenters. The Labute approximate surface area is 99.7 Å². The topological polar surface area (TPSA) is 37.8 Å². The number of anilines is 1. The number of nitrogens with zero attached hydrogens (tertiary/aromatic N) is 2. The molecule has 0 aliphatic heterocycles. The molecule has 0 aromatic carbocycles. The smallest absolute Gasteiger partial charge is 0.280 e. The SMILES string of the molecule is CCC(C)Nc1cc(C(F)F)nc(C2CC2)n1. The second-order valence-electron chi connectivity index (χ2n) is 4.56. The Morgan fingerprint density at radius 3 is 2.65 bits per heavy atom. The van der Waals surface area contributed by atoms with Gasteiger partial charge in [-0.3, -0.25) is 0 Å². The lowest BCUT2D eigenvalue weighted by Crippen LogP contribution is -2.16. The molecule has 1 aromatic heterocycles. The standard InChI is InChI=1S/C12H17F2N3/c1-3-7(2)15-10-6-9(11(13)14)16-12(17-10)8-4-5-8/h6-8,11H,3-5H2,1-2H3,(H,15,16,17). The van der Waals surface area contributed by atoms with E-state index >= 15 is 0 Å². The fourth-order valence-corrected chi connectivity index (χ4v) is 1.55. The van der Waals surface area contributed by atoms with Gasteiger partial charge in [0.1, 0.15) is 17.3 Å². The van der Waals surface area contributed by atoms with Crippen molar-refractivity contribution in [3.05, 3.63) is 17.6 Å². The molecule has 1 heterocycles. The number of alkyl halides is 2. The summed E-state index contributed by atoms with van der Waals surface area (Å²) in [5.74, 6) is 1.37. The van der Waals surface area contributed by atoms with Crippen LogP contribution in [0.15, 0.2) is 6.07 Å². The molecule has 0 bridgehead atoms. The van der Waals surface area contributed by atoms with E-state index in [1.54, 1.807) is 0 Å². The highest BCUT2D eigenvalue weighted by Crippen LogP contribution is 2.39. The van der Waals surface area contributed by atoms with Crippen LogP contribution in [-0.4, -0.2) is 16.0 Å². The van der Waals surface area contributed by atoms with E-state index in [4.69, 9.17) is 0 Å². The van der Waals surface area contributed by atoms with Gasteiger partial charge in [0.15, 0.2) is 0 Å². The van der Waals surface area contributed by atoms with Gasteiger partial charge in [0.2, 0.25) is 0 Å². The quantitative estimate of drug-likeness (QED) is 0.857. The lowest BCUT2D eigenvalue weighted by Gasteiger charge is -2.14. The van der Waals surface area contributed by atoms with Gasteiger partial charge in [0.25, 0.3) is 6.43 Å². The fourth-order valence-electron chi connectivity index (χ4n) is 1.55. The van der Waals surface area contributed by atoms with Crippen LogP contribution in [0.3, 0.4) is 0 Å². The van der Waals surface area contributed by atoms with Crippen LogP contribution in [0.25, 0.3) is 0 Å².